The first-order chi connectivity index (χ1) is 8.10. The summed E-state index contributed by atoms with van der Waals surface area (Å²) in [5.41, 5.74) is 1.70. The molecule has 0 aromatic carbocycles. The van der Waals surface area contributed by atoms with E-state index in [0.29, 0.717) is 5.00 Å². The maximum absolute atomic E-state index is 11.5. The normalized spacial score (nSPS) is 11.7. The van der Waals surface area contributed by atoms with Crippen LogP contribution in [0.3, 0.4) is 0 Å². The molecule has 1 N–H and O–H groups in total. The van der Waals surface area contributed by atoms with E-state index in [0.717, 1.165) is 0 Å². The number of rotatable bonds is 5. The van der Waals surface area contributed by atoms with E-state index in [9.17, 15) is 9.59 Å². The van der Waals surface area contributed by atoms with Crippen LogP contribution in [0.15, 0.2) is 5.51 Å². The van der Waals surface area contributed by atoms with Crippen LogP contribution in [0.5, 0.6) is 0 Å². The zero-order valence-electron chi connectivity index (χ0n) is 9.85. The first kappa shape index (κ1) is 13.4. The summed E-state index contributed by atoms with van der Waals surface area (Å²) in [6.45, 7) is 3.64. The molecule has 0 saturated heterocycles. The summed E-state index contributed by atoms with van der Waals surface area (Å²) in [6.07, 6.45) is 0. The number of hydrogen-bond donors (Lipinski definition) is 1. The number of ether oxygens (including phenoxy) is 2. The van der Waals surface area contributed by atoms with Crippen molar-refractivity contribution in [1.82, 2.24) is 4.98 Å². The summed E-state index contributed by atoms with van der Waals surface area (Å²) in [5.74, 6) is -0.915. The van der Waals surface area contributed by atoms with E-state index in [1.54, 1.807) is 13.8 Å². The molecule has 6 nitrogen and oxygen atoms in total. The van der Waals surface area contributed by atoms with E-state index < -0.39 is 18.0 Å². The van der Waals surface area contributed by atoms with Crippen LogP contribution in [0.25, 0.3) is 0 Å². The lowest BCUT2D eigenvalue weighted by molar-refractivity contribution is -0.141. The number of carbonyl (C=O) groups is 2. The van der Waals surface area contributed by atoms with Gasteiger partial charge in [0.15, 0.2) is 5.69 Å². The Labute approximate surface area is 103 Å². The maximum Gasteiger partial charge on any atom is 0.360 e. The molecule has 1 heterocycles. The van der Waals surface area contributed by atoms with Gasteiger partial charge in [-0.3, -0.25) is 0 Å². The van der Waals surface area contributed by atoms with E-state index >= 15 is 0 Å². The second kappa shape index (κ2) is 6.19. The van der Waals surface area contributed by atoms with Crippen molar-refractivity contribution < 1.29 is 19.1 Å². The Bertz CT molecular complexity index is 405. The fraction of sp³-hybridized carbons (Fsp3) is 0.500. The van der Waals surface area contributed by atoms with Gasteiger partial charge in [-0.15, -0.1) is 11.3 Å². The van der Waals surface area contributed by atoms with Crippen molar-refractivity contribution in [2.75, 3.05) is 19.0 Å². The molecule has 1 atom stereocenters. The highest BCUT2D eigenvalue weighted by atomic mass is 32.1. The van der Waals surface area contributed by atoms with Crippen molar-refractivity contribution in [1.29, 1.82) is 0 Å². The molecule has 0 saturated carbocycles. The van der Waals surface area contributed by atoms with Gasteiger partial charge in [0.05, 0.1) is 19.2 Å². The van der Waals surface area contributed by atoms with Gasteiger partial charge in [-0.2, -0.15) is 0 Å². The summed E-state index contributed by atoms with van der Waals surface area (Å²) < 4.78 is 9.42. The summed E-state index contributed by atoms with van der Waals surface area (Å²) in [6, 6.07) is -0.548. The fourth-order valence-electron chi connectivity index (χ4n) is 1.13. The zero-order chi connectivity index (χ0) is 12.8. The van der Waals surface area contributed by atoms with E-state index in [4.69, 9.17) is 4.74 Å². The third kappa shape index (κ3) is 3.42. The molecule has 1 aromatic heterocycles. The smallest absolute Gasteiger partial charge is 0.360 e. The molecule has 0 bridgehead atoms. The van der Waals surface area contributed by atoms with E-state index in [2.05, 4.69) is 15.0 Å². The predicted molar refractivity (Wildman–Crippen MR) is 63.2 cm³/mol. The van der Waals surface area contributed by atoms with Crippen LogP contribution in [0.2, 0.25) is 0 Å². The van der Waals surface area contributed by atoms with Crippen LogP contribution >= 0.6 is 11.3 Å². The van der Waals surface area contributed by atoms with Crippen molar-refractivity contribution in [2.45, 2.75) is 19.9 Å². The van der Waals surface area contributed by atoms with E-state index in [1.807, 2.05) is 0 Å². The highest BCUT2D eigenvalue weighted by molar-refractivity contribution is 7.14. The lowest BCUT2D eigenvalue weighted by Crippen LogP contribution is -2.27. The quantitative estimate of drug-likeness (QED) is 0.802. The average Bonchev–Trinajstić information content (AvgIpc) is 2.76. The van der Waals surface area contributed by atoms with Gasteiger partial charge in [-0.25, -0.2) is 14.6 Å². The Morgan fingerprint density at radius 1 is 1.59 bits per heavy atom. The SMILES string of the molecule is CCOC(=O)c1ncsc1N[C@@H](C)C(=O)OC. The topological polar surface area (TPSA) is 77.5 Å². The Morgan fingerprint density at radius 2 is 2.29 bits per heavy atom. The number of nitrogens with one attached hydrogen (secondary N) is 1. The second-order valence-electron chi connectivity index (χ2n) is 3.14. The Hall–Kier alpha value is -1.63. The Kier molecular flexibility index (Phi) is 4.89. The van der Waals surface area contributed by atoms with Crippen molar-refractivity contribution in [2.24, 2.45) is 0 Å². The third-order valence-electron chi connectivity index (χ3n) is 1.94. The van der Waals surface area contributed by atoms with Gasteiger partial charge in [-0.05, 0) is 13.8 Å². The van der Waals surface area contributed by atoms with Gasteiger partial charge < -0.3 is 14.8 Å². The summed E-state index contributed by atoms with van der Waals surface area (Å²) in [7, 11) is 1.31. The number of nitrogens with zero attached hydrogens (tertiary/aromatic N) is 1. The minimum Gasteiger partial charge on any atom is -0.467 e. The summed E-state index contributed by atoms with van der Waals surface area (Å²) in [5, 5.41) is 3.36. The molecule has 17 heavy (non-hydrogen) atoms. The van der Waals surface area contributed by atoms with Gasteiger partial charge in [0.1, 0.15) is 11.0 Å². The first-order valence-corrected chi connectivity index (χ1v) is 5.93. The van der Waals surface area contributed by atoms with Gasteiger partial charge in [-0.1, -0.05) is 0 Å². The van der Waals surface area contributed by atoms with Crippen LogP contribution in [-0.4, -0.2) is 36.7 Å². The number of esters is 2. The second-order valence-corrected chi connectivity index (χ2v) is 3.99. The molecule has 0 amide bonds. The van der Waals surface area contributed by atoms with Crippen LogP contribution in [0.4, 0.5) is 5.00 Å². The van der Waals surface area contributed by atoms with E-state index in [-0.39, 0.29) is 12.3 Å². The van der Waals surface area contributed by atoms with Gasteiger partial charge in [0, 0.05) is 0 Å². The molecule has 1 aromatic rings. The highest BCUT2D eigenvalue weighted by Gasteiger charge is 2.20. The molecular formula is C10H14N2O4S. The Morgan fingerprint density at radius 3 is 2.88 bits per heavy atom. The van der Waals surface area contributed by atoms with Crippen molar-refractivity contribution in [3.63, 3.8) is 0 Å². The first-order valence-electron chi connectivity index (χ1n) is 5.05. The number of aromatic nitrogens is 1. The van der Waals surface area contributed by atoms with Crippen molar-refractivity contribution in [3.8, 4) is 0 Å². The maximum atomic E-state index is 11.5. The molecule has 94 valence electrons. The fourth-order valence-corrected chi connectivity index (χ4v) is 1.88. The molecular weight excluding hydrogens is 244 g/mol. The highest BCUT2D eigenvalue weighted by Crippen LogP contribution is 2.22. The number of anilines is 1. The molecule has 0 aliphatic rings. The van der Waals surface area contributed by atoms with Crippen LogP contribution in [0, 0.1) is 0 Å². The number of methoxy groups -OCH3 is 1. The lowest BCUT2D eigenvalue weighted by atomic mass is 10.3. The van der Waals surface area contributed by atoms with Crippen LogP contribution < -0.4 is 5.32 Å². The van der Waals surface area contributed by atoms with E-state index in [1.165, 1.54) is 24.0 Å². The molecule has 0 fully saturated rings. The number of hydrogen-bond acceptors (Lipinski definition) is 7. The van der Waals surface area contributed by atoms with Crippen molar-refractivity contribution >= 4 is 28.3 Å². The monoisotopic (exact) mass is 258 g/mol. The van der Waals surface area contributed by atoms with Gasteiger partial charge in [0.25, 0.3) is 0 Å². The predicted octanol–water partition coefficient (Wildman–Crippen LogP) is 1.29. The van der Waals surface area contributed by atoms with Crippen LogP contribution in [0.1, 0.15) is 24.3 Å². The molecule has 0 aliphatic carbocycles. The number of carbonyl (C=O) groups excluding carboxylic acids is 2. The summed E-state index contributed by atoms with van der Waals surface area (Å²) in [4.78, 5) is 26.6. The molecule has 0 spiro atoms. The number of thiazole rings is 1. The van der Waals surface area contributed by atoms with Gasteiger partial charge in [0.2, 0.25) is 0 Å². The minimum absolute atomic E-state index is 0.188. The molecule has 0 unspecified atom stereocenters. The Balaban J connectivity index is 2.75. The minimum atomic E-state index is -0.548. The zero-order valence-corrected chi connectivity index (χ0v) is 10.7. The molecule has 7 heteroatoms. The third-order valence-corrected chi connectivity index (χ3v) is 2.70. The largest absolute Gasteiger partial charge is 0.467 e. The molecule has 1 rings (SSSR count). The van der Waals surface area contributed by atoms with Gasteiger partial charge >= 0.3 is 11.9 Å². The van der Waals surface area contributed by atoms with Crippen molar-refractivity contribution in [3.05, 3.63) is 11.2 Å². The summed E-state index contributed by atoms with van der Waals surface area (Å²) >= 11 is 1.23. The molecule has 0 aliphatic heterocycles. The standard InChI is InChI=1S/C10H14N2O4S/c1-4-16-10(14)7-8(17-5-11-7)12-6(2)9(13)15-3/h5-6,12H,4H2,1-3H3/t6-/m0/s1. The molecule has 0 radical (unpaired) electrons. The van der Waals surface area contributed by atoms with Crippen LogP contribution in [-0.2, 0) is 14.3 Å². The average molecular weight is 258 g/mol. The lowest BCUT2D eigenvalue weighted by Gasteiger charge is -2.11.